The van der Waals surface area contributed by atoms with Gasteiger partial charge < -0.3 is 9.64 Å². The summed E-state index contributed by atoms with van der Waals surface area (Å²) in [7, 11) is 0. The van der Waals surface area contributed by atoms with E-state index in [0.29, 0.717) is 25.4 Å². The lowest BCUT2D eigenvalue weighted by molar-refractivity contribution is -0.121. The number of carbonyl (C=O) groups excluding carboxylic acids is 1. The second-order valence-corrected chi connectivity index (χ2v) is 4.96. The minimum atomic E-state index is -0.296. The monoisotopic (exact) mass is 237 g/mol. The minimum absolute atomic E-state index is 0. The summed E-state index contributed by atoms with van der Waals surface area (Å²) in [5.41, 5.74) is 3.39. The number of Topliss-reactive ketones (excluding diaryl/α,β-unsaturated/α-hetero) is 1. The first kappa shape index (κ1) is 15.5. The van der Waals surface area contributed by atoms with E-state index in [2.05, 4.69) is 18.9 Å². The molecular weight excluding hydrogens is 214 g/mol. The molecule has 1 rings (SSSR count). The van der Waals surface area contributed by atoms with Gasteiger partial charge in [-0.25, -0.2) is 0 Å². The molecule has 1 fully saturated rings. The molecule has 0 bridgehead atoms. The van der Waals surface area contributed by atoms with Gasteiger partial charge in [0.2, 0.25) is 0 Å². The fourth-order valence-electron chi connectivity index (χ4n) is 1.56. The van der Waals surface area contributed by atoms with E-state index in [1.165, 1.54) is 0 Å². The summed E-state index contributed by atoms with van der Waals surface area (Å²) >= 11 is 0. The standard InChI is InChI=1S/C13H19NO2.CH4/c1-6-11-7-12(15)9-14(8-11)10(2)16-13(3,4)5;/h1-2,7-9H2,3-5H3;1H4. The normalized spacial score (nSPS) is 16.1. The fourth-order valence-corrected chi connectivity index (χ4v) is 1.56. The van der Waals surface area contributed by atoms with Gasteiger partial charge in [0.05, 0.1) is 13.1 Å². The highest BCUT2D eigenvalue weighted by Gasteiger charge is 2.24. The number of ketones is 1. The Morgan fingerprint density at radius 1 is 1.41 bits per heavy atom. The molecule has 0 amide bonds. The summed E-state index contributed by atoms with van der Waals surface area (Å²) in [6, 6.07) is 0. The minimum Gasteiger partial charge on any atom is -0.474 e. The molecule has 0 spiro atoms. The highest BCUT2D eigenvalue weighted by Crippen LogP contribution is 2.20. The predicted octanol–water partition coefficient (Wildman–Crippen LogP) is 2.89. The molecule has 1 heterocycles. The van der Waals surface area contributed by atoms with Crippen LogP contribution >= 0.6 is 0 Å². The zero-order chi connectivity index (χ0) is 12.3. The molecule has 3 nitrogen and oxygen atoms in total. The van der Waals surface area contributed by atoms with Crippen LogP contribution in [0.15, 0.2) is 30.3 Å². The van der Waals surface area contributed by atoms with Gasteiger partial charge in [0.15, 0.2) is 11.7 Å². The van der Waals surface area contributed by atoms with Crippen molar-refractivity contribution in [3.63, 3.8) is 0 Å². The Balaban J connectivity index is 0.00000256. The van der Waals surface area contributed by atoms with Crippen LogP contribution < -0.4 is 0 Å². The van der Waals surface area contributed by atoms with Gasteiger partial charge in [-0.1, -0.05) is 14.0 Å². The molecule has 0 saturated carbocycles. The van der Waals surface area contributed by atoms with Gasteiger partial charge in [0.1, 0.15) is 5.60 Å². The van der Waals surface area contributed by atoms with E-state index in [1.807, 2.05) is 25.7 Å². The second kappa shape index (κ2) is 5.74. The van der Waals surface area contributed by atoms with E-state index in [1.54, 1.807) is 0 Å². The average molecular weight is 237 g/mol. The SMILES string of the molecule is C.C=C=C1CC(=O)CN(C(=C)OC(C)(C)C)C1. The second-order valence-electron chi connectivity index (χ2n) is 4.96. The number of rotatable bonds is 2. The Bertz CT molecular complexity index is 357. The first-order valence-electron chi connectivity index (χ1n) is 5.34. The van der Waals surface area contributed by atoms with Crippen LogP contribution in [0.5, 0.6) is 0 Å². The van der Waals surface area contributed by atoms with Crippen molar-refractivity contribution in [3.8, 4) is 0 Å². The smallest absolute Gasteiger partial charge is 0.183 e. The van der Waals surface area contributed by atoms with Crippen LogP contribution in [0.25, 0.3) is 0 Å². The molecule has 3 heteroatoms. The third kappa shape index (κ3) is 4.92. The van der Waals surface area contributed by atoms with Gasteiger partial charge in [-0.2, -0.15) is 0 Å². The molecule has 0 aromatic rings. The summed E-state index contributed by atoms with van der Waals surface area (Å²) < 4.78 is 5.64. The number of nitrogens with zero attached hydrogens (tertiary/aromatic N) is 1. The molecule has 17 heavy (non-hydrogen) atoms. The molecule has 0 atom stereocenters. The van der Waals surface area contributed by atoms with Gasteiger partial charge in [-0.05, 0) is 32.9 Å². The third-order valence-corrected chi connectivity index (χ3v) is 2.19. The lowest BCUT2D eigenvalue weighted by Gasteiger charge is -2.33. The van der Waals surface area contributed by atoms with Crippen molar-refractivity contribution in [2.24, 2.45) is 0 Å². The number of piperidine rings is 1. The Labute approximate surface area is 104 Å². The molecule has 0 aliphatic carbocycles. The van der Waals surface area contributed by atoms with Gasteiger partial charge in [0.25, 0.3) is 0 Å². The van der Waals surface area contributed by atoms with E-state index >= 15 is 0 Å². The molecular formula is C14H23NO2. The molecule has 1 saturated heterocycles. The molecule has 0 aromatic carbocycles. The molecule has 0 radical (unpaired) electrons. The maximum absolute atomic E-state index is 11.5. The maximum Gasteiger partial charge on any atom is 0.183 e. The molecule has 1 aliphatic heterocycles. The summed E-state index contributed by atoms with van der Waals surface area (Å²) in [6.45, 7) is 14.3. The number of hydrogen-bond donors (Lipinski definition) is 0. The number of hydrogen-bond acceptors (Lipinski definition) is 3. The van der Waals surface area contributed by atoms with E-state index in [0.717, 1.165) is 5.57 Å². The van der Waals surface area contributed by atoms with Crippen LogP contribution in [0.3, 0.4) is 0 Å². The average Bonchev–Trinajstić information content (AvgIpc) is 2.14. The van der Waals surface area contributed by atoms with Gasteiger partial charge in [-0.15, -0.1) is 5.73 Å². The van der Waals surface area contributed by atoms with Gasteiger partial charge in [0, 0.05) is 6.42 Å². The van der Waals surface area contributed by atoms with Crippen molar-refractivity contribution in [2.75, 3.05) is 13.1 Å². The topological polar surface area (TPSA) is 29.5 Å². The predicted molar refractivity (Wildman–Crippen MR) is 70.6 cm³/mol. The molecule has 96 valence electrons. The van der Waals surface area contributed by atoms with Gasteiger partial charge >= 0.3 is 0 Å². The van der Waals surface area contributed by atoms with Crippen molar-refractivity contribution >= 4 is 5.78 Å². The van der Waals surface area contributed by atoms with Crippen molar-refractivity contribution in [3.05, 3.63) is 30.3 Å². The summed E-state index contributed by atoms with van der Waals surface area (Å²) in [4.78, 5) is 13.3. The van der Waals surface area contributed by atoms with Crippen LogP contribution in [-0.2, 0) is 9.53 Å². The molecule has 0 aromatic heterocycles. The molecule has 1 aliphatic rings. The van der Waals surface area contributed by atoms with Crippen LogP contribution in [0.1, 0.15) is 34.6 Å². The number of carbonyl (C=O) groups is 1. The van der Waals surface area contributed by atoms with E-state index in [4.69, 9.17) is 4.74 Å². The van der Waals surface area contributed by atoms with Crippen LogP contribution in [0.4, 0.5) is 0 Å². The Kier molecular flexibility index (Phi) is 5.24. The van der Waals surface area contributed by atoms with E-state index in [9.17, 15) is 4.79 Å². The lowest BCUT2D eigenvalue weighted by atomic mass is 10.1. The maximum atomic E-state index is 11.5. The van der Waals surface area contributed by atoms with Crippen molar-refractivity contribution in [1.29, 1.82) is 0 Å². The highest BCUT2D eigenvalue weighted by molar-refractivity contribution is 5.84. The molecule has 0 N–H and O–H groups in total. The number of likely N-dealkylation sites (tertiary alicyclic amines) is 1. The Hall–Kier alpha value is -1.47. The summed E-state index contributed by atoms with van der Waals surface area (Å²) in [5.74, 6) is 0.685. The largest absolute Gasteiger partial charge is 0.474 e. The lowest BCUT2D eigenvalue weighted by Crippen LogP contribution is -2.38. The van der Waals surface area contributed by atoms with Crippen LogP contribution in [0.2, 0.25) is 0 Å². The zero-order valence-electron chi connectivity index (χ0n) is 10.3. The van der Waals surface area contributed by atoms with Crippen LogP contribution in [0, 0.1) is 0 Å². The first-order chi connectivity index (χ1) is 7.31. The summed E-state index contributed by atoms with van der Waals surface area (Å²) in [6.07, 6.45) is 0.447. The van der Waals surface area contributed by atoms with Gasteiger partial charge in [-0.3, -0.25) is 4.79 Å². The first-order valence-corrected chi connectivity index (χ1v) is 5.34. The Morgan fingerprint density at radius 2 is 2.00 bits per heavy atom. The summed E-state index contributed by atoms with van der Waals surface area (Å²) in [5, 5.41) is 0. The fraction of sp³-hybridized carbons (Fsp3) is 0.571. The van der Waals surface area contributed by atoms with Crippen molar-refractivity contribution in [2.45, 2.75) is 40.2 Å². The van der Waals surface area contributed by atoms with Crippen molar-refractivity contribution < 1.29 is 9.53 Å². The Morgan fingerprint density at radius 3 is 2.47 bits per heavy atom. The van der Waals surface area contributed by atoms with Crippen LogP contribution in [-0.4, -0.2) is 29.4 Å². The van der Waals surface area contributed by atoms with Crippen molar-refractivity contribution in [1.82, 2.24) is 4.90 Å². The quantitative estimate of drug-likeness (QED) is 0.546. The van der Waals surface area contributed by atoms with E-state index < -0.39 is 0 Å². The zero-order valence-corrected chi connectivity index (χ0v) is 10.3. The molecule has 0 unspecified atom stereocenters. The third-order valence-electron chi connectivity index (χ3n) is 2.19. The number of ether oxygens (including phenoxy) is 1. The highest BCUT2D eigenvalue weighted by atomic mass is 16.5. The van der Waals surface area contributed by atoms with E-state index in [-0.39, 0.29) is 18.8 Å².